The molecule has 60 valence electrons. The summed E-state index contributed by atoms with van der Waals surface area (Å²) in [4.78, 5) is 8.56. The fourth-order valence-corrected chi connectivity index (χ4v) is 0.0962. The van der Waals surface area contributed by atoms with E-state index in [0.717, 1.165) is 6.61 Å². The molecule has 0 spiro atoms. The van der Waals surface area contributed by atoms with Gasteiger partial charge in [-0.05, 0) is 6.92 Å². The normalized spacial score (nSPS) is 18.7. The molecule has 1 aliphatic heterocycles. The Morgan fingerprint density at radius 3 is 1.70 bits per heavy atom. The smallest absolute Gasteiger partial charge is 0.450 e. The fourth-order valence-electron chi connectivity index (χ4n) is 0.0962. The van der Waals surface area contributed by atoms with Crippen molar-refractivity contribution in [3.63, 3.8) is 0 Å². The average molecular weight is 148 g/mol. The molecule has 1 heterocycles. The largest absolute Gasteiger partial charge is 0.503 e. The van der Waals surface area contributed by atoms with Crippen LogP contribution in [0.25, 0.3) is 0 Å². The summed E-state index contributed by atoms with van der Waals surface area (Å²) in [5.41, 5.74) is 0. The first kappa shape index (κ1) is 11.7. The van der Waals surface area contributed by atoms with Crippen LogP contribution in [0.15, 0.2) is 13.2 Å². The van der Waals surface area contributed by atoms with Gasteiger partial charge in [-0.2, -0.15) is 0 Å². The summed E-state index contributed by atoms with van der Waals surface area (Å²) in [6, 6.07) is 0. The second-order valence-corrected chi connectivity index (χ2v) is 1.43. The minimum absolute atomic E-state index is 0.583. The van der Waals surface area contributed by atoms with Gasteiger partial charge in [0, 0.05) is 0 Å². The molecule has 1 atom stereocenters. The Morgan fingerprint density at radius 2 is 1.70 bits per heavy atom. The standard InChI is InChI=1S/C3H6O.C2H4.CH2O3/c1-3-2-4-3;1-2;2-1(3)4/h3H,2H2,1H3;1-2H2;(H2,2,3,4). The van der Waals surface area contributed by atoms with Crippen molar-refractivity contribution < 1.29 is 19.7 Å². The molecule has 0 saturated carbocycles. The number of carbonyl (C=O) groups is 1. The number of rotatable bonds is 0. The Labute approximate surface area is 59.7 Å². The molecule has 0 amide bonds. The molecule has 0 aliphatic carbocycles. The number of hydrogen-bond acceptors (Lipinski definition) is 2. The van der Waals surface area contributed by atoms with Crippen LogP contribution in [-0.4, -0.2) is 29.1 Å². The minimum atomic E-state index is -1.83. The molecular formula is C6H12O4. The number of hydrogen-bond donors (Lipinski definition) is 2. The molecule has 0 radical (unpaired) electrons. The topological polar surface area (TPSA) is 70.1 Å². The molecule has 0 aromatic carbocycles. The lowest BCUT2D eigenvalue weighted by Gasteiger charge is -1.60. The Balaban J connectivity index is 0. The van der Waals surface area contributed by atoms with Crippen LogP contribution in [0.4, 0.5) is 4.79 Å². The number of ether oxygens (including phenoxy) is 1. The summed E-state index contributed by atoms with van der Waals surface area (Å²) in [6.45, 7) is 9.04. The Morgan fingerprint density at radius 1 is 1.60 bits per heavy atom. The zero-order valence-corrected chi connectivity index (χ0v) is 5.91. The molecule has 4 heteroatoms. The molecule has 1 saturated heterocycles. The van der Waals surface area contributed by atoms with Crippen LogP contribution in [0.3, 0.4) is 0 Å². The summed E-state index contributed by atoms with van der Waals surface area (Å²) in [7, 11) is 0. The Hall–Kier alpha value is -1.03. The first-order valence-electron chi connectivity index (χ1n) is 2.66. The van der Waals surface area contributed by atoms with Gasteiger partial charge in [-0.25, -0.2) is 4.79 Å². The van der Waals surface area contributed by atoms with Gasteiger partial charge in [0.1, 0.15) is 0 Å². The van der Waals surface area contributed by atoms with Gasteiger partial charge >= 0.3 is 6.16 Å². The maximum Gasteiger partial charge on any atom is 0.503 e. The monoisotopic (exact) mass is 148 g/mol. The zero-order valence-electron chi connectivity index (χ0n) is 5.91. The average Bonchev–Trinajstić information content (AvgIpc) is 2.55. The molecule has 2 N–H and O–H groups in total. The molecule has 10 heavy (non-hydrogen) atoms. The van der Waals surface area contributed by atoms with Crippen LogP contribution >= 0.6 is 0 Å². The highest BCUT2D eigenvalue weighted by Crippen LogP contribution is 2.04. The van der Waals surface area contributed by atoms with E-state index in [0.29, 0.717) is 6.10 Å². The van der Waals surface area contributed by atoms with Gasteiger partial charge in [0.05, 0.1) is 12.7 Å². The Bertz CT molecular complexity index is 83.7. The van der Waals surface area contributed by atoms with E-state index in [1.807, 2.05) is 0 Å². The van der Waals surface area contributed by atoms with Crippen molar-refractivity contribution in [1.82, 2.24) is 0 Å². The molecule has 0 bridgehead atoms. The van der Waals surface area contributed by atoms with E-state index in [1.54, 1.807) is 0 Å². The first-order valence-corrected chi connectivity index (χ1v) is 2.66. The number of carboxylic acid groups (broad SMARTS) is 2. The SMILES string of the molecule is C=C.CC1CO1.O=C(O)O. The van der Waals surface area contributed by atoms with Crippen LogP contribution in [0.2, 0.25) is 0 Å². The third-order valence-electron chi connectivity index (χ3n) is 0.500. The van der Waals surface area contributed by atoms with Crippen LogP contribution in [0.5, 0.6) is 0 Å². The van der Waals surface area contributed by atoms with Gasteiger partial charge in [-0.3, -0.25) is 0 Å². The van der Waals surface area contributed by atoms with Gasteiger partial charge in [-0.1, -0.05) is 0 Å². The second-order valence-electron chi connectivity index (χ2n) is 1.43. The maximum atomic E-state index is 8.56. The Kier molecular flexibility index (Phi) is 9.35. The van der Waals surface area contributed by atoms with Crippen LogP contribution in [0.1, 0.15) is 6.92 Å². The maximum absolute atomic E-state index is 8.56. The van der Waals surface area contributed by atoms with E-state index in [1.165, 1.54) is 0 Å². The van der Waals surface area contributed by atoms with E-state index in [4.69, 9.17) is 19.7 Å². The molecule has 0 aromatic rings. The van der Waals surface area contributed by atoms with Gasteiger partial charge in [0.2, 0.25) is 0 Å². The van der Waals surface area contributed by atoms with Crippen molar-refractivity contribution in [2.45, 2.75) is 13.0 Å². The van der Waals surface area contributed by atoms with Gasteiger partial charge < -0.3 is 14.9 Å². The molecule has 0 aromatic heterocycles. The predicted octanol–water partition coefficient (Wildman–Crippen LogP) is 1.43. The van der Waals surface area contributed by atoms with Gasteiger partial charge in [-0.15, -0.1) is 13.2 Å². The fraction of sp³-hybridized carbons (Fsp3) is 0.500. The van der Waals surface area contributed by atoms with E-state index < -0.39 is 6.16 Å². The van der Waals surface area contributed by atoms with Crippen LogP contribution in [-0.2, 0) is 4.74 Å². The summed E-state index contributed by atoms with van der Waals surface area (Å²) < 4.78 is 4.71. The third-order valence-corrected chi connectivity index (χ3v) is 0.500. The molecular weight excluding hydrogens is 136 g/mol. The van der Waals surface area contributed by atoms with E-state index in [-0.39, 0.29) is 0 Å². The van der Waals surface area contributed by atoms with Crippen LogP contribution in [0, 0.1) is 0 Å². The lowest BCUT2D eigenvalue weighted by Crippen LogP contribution is -1.81. The third kappa shape index (κ3) is 64.0. The lowest BCUT2D eigenvalue weighted by molar-refractivity contribution is 0.137. The van der Waals surface area contributed by atoms with E-state index >= 15 is 0 Å². The first-order chi connectivity index (χ1) is 4.63. The number of epoxide rings is 1. The zero-order chi connectivity index (χ0) is 8.57. The summed E-state index contributed by atoms with van der Waals surface area (Å²) >= 11 is 0. The lowest BCUT2D eigenvalue weighted by atomic mass is 10.6. The molecule has 1 rings (SSSR count). The predicted molar refractivity (Wildman–Crippen MR) is 37.3 cm³/mol. The van der Waals surface area contributed by atoms with Crippen molar-refractivity contribution in [2.75, 3.05) is 6.61 Å². The van der Waals surface area contributed by atoms with Gasteiger partial charge in [0.25, 0.3) is 0 Å². The molecule has 1 unspecified atom stereocenters. The summed E-state index contributed by atoms with van der Waals surface area (Å²) in [5.74, 6) is 0. The molecule has 1 fully saturated rings. The highest BCUT2D eigenvalue weighted by molar-refractivity contribution is 5.53. The van der Waals surface area contributed by atoms with Crippen LogP contribution < -0.4 is 0 Å². The quantitative estimate of drug-likeness (QED) is 0.402. The second kappa shape index (κ2) is 7.97. The van der Waals surface area contributed by atoms with E-state index in [9.17, 15) is 0 Å². The minimum Gasteiger partial charge on any atom is -0.450 e. The molecule has 4 nitrogen and oxygen atoms in total. The van der Waals surface area contributed by atoms with E-state index in [2.05, 4.69) is 20.1 Å². The van der Waals surface area contributed by atoms with Crippen molar-refractivity contribution in [3.8, 4) is 0 Å². The summed E-state index contributed by atoms with van der Waals surface area (Å²) in [5, 5.41) is 13.9. The highest BCUT2D eigenvalue weighted by atomic mass is 16.6. The van der Waals surface area contributed by atoms with Crippen molar-refractivity contribution >= 4 is 6.16 Å². The summed E-state index contributed by atoms with van der Waals surface area (Å²) in [6.07, 6.45) is -1.25. The van der Waals surface area contributed by atoms with Crippen molar-refractivity contribution in [3.05, 3.63) is 13.2 Å². The van der Waals surface area contributed by atoms with Crippen molar-refractivity contribution in [2.24, 2.45) is 0 Å². The van der Waals surface area contributed by atoms with Crippen molar-refractivity contribution in [1.29, 1.82) is 0 Å². The van der Waals surface area contributed by atoms with Gasteiger partial charge in [0.15, 0.2) is 0 Å². The molecule has 1 aliphatic rings. The highest BCUT2D eigenvalue weighted by Gasteiger charge is 2.13.